The number of thioether (sulfide) groups is 1. The van der Waals surface area contributed by atoms with Gasteiger partial charge in [-0.15, -0.1) is 0 Å². The normalized spacial score (nSPS) is 11.5. The first-order valence-electron chi connectivity index (χ1n) is 9.92. The van der Waals surface area contributed by atoms with E-state index >= 15 is 0 Å². The van der Waals surface area contributed by atoms with E-state index in [-0.39, 0.29) is 10.8 Å². The maximum absolute atomic E-state index is 12.4. The van der Waals surface area contributed by atoms with E-state index in [4.69, 9.17) is 0 Å². The highest BCUT2D eigenvalue weighted by atomic mass is 32.2. The van der Waals surface area contributed by atoms with Gasteiger partial charge in [-0.2, -0.15) is 0 Å². The van der Waals surface area contributed by atoms with Gasteiger partial charge in [0.2, 0.25) is 10.0 Å². The van der Waals surface area contributed by atoms with Gasteiger partial charge >= 0.3 is 0 Å². The third kappa shape index (κ3) is 5.18. The summed E-state index contributed by atoms with van der Waals surface area (Å²) in [5.41, 5.74) is 4.43. The van der Waals surface area contributed by atoms with Crippen molar-refractivity contribution in [1.29, 1.82) is 0 Å². The summed E-state index contributed by atoms with van der Waals surface area (Å²) >= 11 is 1.61. The molecule has 0 bridgehead atoms. The fourth-order valence-electron chi connectivity index (χ4n) is 3.09. The minimum Gasteiger partial charge on any atom is -0.348 e. The summed E-state index contributed by atoms with van der Waals surface area (Å²) in [5, 5.41) is 3.72. The van der Waals surface area contributed by atoms with Crippen molar-refractivity contribution in [2.75, 3.05) is 7.05 Å². The molecule has 164 valence electrons. The van der Waals surface area contributed by atoms with Crippen molar-refractivity contribution in [2.24, 2.45) is 0 Å². The summed E-state index contributed by atoms with van der Waals surface area (Å²) in [5.74, 6) is 0.553. The van der Waals surface area contributed by atoms with Gasteiger partial charge in [0, 0.05) is 17.9 Å². The number of rotatable bonds is 8. The van der Waals surface area contributed by atoms with E-state index < -0.39 is 10.0 Å². The molecule has 1 aromatic heterocycles. The second-order valence-electron chi connectivity index (χ2n) is 7.08. The van der Waals surface area contributed by atoms with Gasteiger partial charge in [-0.25, -0.2) is 18.1 Å². The lowest BCUT2D eigenvalue weighted by Crippen LogP contribution is -2.23. The highest BCUT2D eigenvalue weighted by molar-refractivity contribution is 7.98. The van der Waals surface area contributed by atoms with Gasteiger partial charge in [-0.05, 0) is 54.6 Å². The molecular weight excluding hydrogens is 444 g/mol. The van der Waals surface area contributed by atoms with Gasteiger partial charge in [-0.1, -0.05) is 48.2 Å². The Balaban J connectivity index is 1.31. The van der Waals surface area contributed by atoms with Gasteiger partial charge in [0.25, 0.3) is 5.91 Å². The second-order valence-corrected chi connectivity index (χ2v) is 9.93. The number of fused-ring (bicyclic) bond motifs is 1. The molecular formula is C23H22N4O3S2. The largest absolute Gasteiger partial charge is 0.348 e. The topological polar surface area (TPSA) is 104 Å². The van der Waals surface area contributed by atoms with E-state index in [0.29, 0.717) is 12.1 Å². The van der Waals surface area contributed by atoms with Gasteiger partial charge < -0.3 is 10.3 Å². The minimum atomic E-state index is -3.47. The van der Waals surface area contributed by atoms with Crippen molar-refractivity contribution in [2.45, 2.75) is 22.3 Å². The number of amides is 1. The Morgan fingerprint density at radius 3 is 2.34 bits per heavy atom. The molecule has 0 saturated carbocycles. The maximum Gasteiger partial charge on any atom is 0.251 e. The highest BCUT2D eigenvalue weighted by Crippen LogP contribution is 2.23. The average Bonchev–Trinajstić information content (AvgIpc) is 3.25. The lowest BCUT2D eigenvalue weighted by molar-refractivity contribution is 0.0951. The first-order valence-corrected chi connectivity index (χ1v) is 12.4. The molecule has 0 aliphatic heterocycles. The zero-order valence-electron chi connectivity index (χ0n) is 17.3. The zero-order chi connectivity index (χ0) is 22.6. The molecule has 0 atom stereocenters. The monoisotopic (exact) mass is 466 g/mol. The number of nitrogens with one attached hydrogen (secondary N) is 3. The summed E-state index contributed by atoms with van der Waals surface area (Å²) in [6, 6.07) is 21.8. The number of hydrogen-bond donors (Lipinski definition) is 3. The number of H-pyrrole nitrogens is 1. The lowest BCUT2D eigenvalue weighted by Gasteiger charge is -2.08. The van der Waals surface area contributed by atoms with Crippen LogP contribution in [0.3, 0.4) is 0 Å². The summed E-state index contributed by atoms with van der Waals surface area (Å²) in [7, 11) is -2.10. The Morgan fingerprint density at radius 2 is 1.66 bits per heavy atom. The molecule has 0 spiro atoms. The van der Waals surface area contributed by atoms with E-state index in [1.54, 1.807) is 36.0 Å². The second kappa shape index (κ2) is 9.56. The standard InChI is InChI=1S/C23H22N4O3S2/c1-24-32(29,30)19-12-8-16(9-13-19)14-25-22(28)18-10-6-17(7-11-18)15-31-23-26-20-4-2-3-5-21(20)27-23/h2-13,24H,14-15H2,1H3,(H,25,28)(H,26,27). The molecule has 0 aliphatic carbocycles. The third-order valence-corrected chi connectivity index (χ3v) is 7.29. The molecule has 3 N–H and O–H groups in total. The number of aromatic nitrogens is 2. The number of carbonyl (C=O) groups excluding carboxylic acids is 1. The molecule has 0 aliphatic rings. The minimum absolute atomic E-state index is 0.186. The van der Waals surface area contributed by atoms with Crippen molar-refractivity contribution in [3.8, 4) is 0 Å². The van der Waals surface area contributed by atoms with Crippen LogP contribution in [0.15, 0.2) is 82.8 Å². The number of nitrogens with zero attached hydrogens (tertiary/aromatic N) is 1. The quantitative estimate of drug-likeness (QED) is 0.344. The number of benzene rings is 3. The van der Waals surface area contributed by atoms with Crippen molar-refractivity contribution >= 4 is 38.7 Å². The van der Waals surface area contributed by atoms with Crippen LogP contribution in [0.25, 0.3) is 11.0 Å². The van der Waals surface area contributed by atoms with E-state index in [9.17, 15) is 13.2 Å². The first-order chi connectivity index (χ1) is 15.4. The Kier molecular flexibility index (Phi) is 6.59. The Morgan fingerprint density at radius 1 is 0.969 bits per heavy atom. The van der Waals surface area contributed by atoms with Crippen LogP contribution in [-0.2, 0) is 22.3 Å². The predicted molar refractivity (Wildman–Crippen MR) is 126 cm³/mol. The number of aromatic amines is 1. The van der Waals surface area contributed by atoms with Crippen LogP contribution in [0.2, 0.25) is 0 Å². The average molecular weight is 467 g/mol. The molecule has 1 heterocycles. The van der Waals surface area contributed by atoms with Gasteiger partial charge in [-0.3, -0.25) is 4.79 Å². The zero-order valence-corrected chi connectivity index (χ0v) is 19.0. The molecule has 0 radical (unpaired) electrons. The number of hydrogen-bond acceptors (Lipinski definition) is 5. The van der Waals surface area contributed by atoms with Crippen molar-refractivity contribution < 1.29 is 13.2 Å². The number of imidazole rings is 1. The summed E-state index contributed by atoms with van der Waals surface area (Å²) in [6.07, 6.45) is 0. The van der Waals surface area contributed by atoms with Crippen LogP contribution >= 0.6 is 11.8 Å². The number of carbonyl (C=O) groups is 1. The molecule has 0 fully saturated rings. The van der Waals surface area contributed by atoms with E-state index in [1.807, 2.05) is 36.4 Å². The predicted octanol–water partition coefficient (Wildman–Crippen LogP) is 3.69. The molecule has 7 nitrogen and oxygen atoms in total. The van der Waals surface area contributed by atoms with E-state index in [0.717, 1.165) is 33.1 Å². The van der Waals surface area contributed by atoms with E-state index in [1.165, 1.54) is 19.2 Å². The van der Waals surface area contributed by atoms with Crippen LogP contribution in [0, 0.1) is 0 Å². The molecule has 1 amide bonds. The summed E-state index contributed by atoms with van der Waals surface area (Å²) < 4.78 is 25.8. The summed E-state index contributed by atoms with van der Waals surface area (Å²) in [4.78, 5) is 20.5. The van der Waals surface area contributed by atoms with Crippen molar-refractivity contribution in [3.63, 3.8) is 0 Å². The van der Waals surface area contributed by atoms with Gasteiger partial charge in [0.15, 0.2) is 5.16 Å². The third-order valence-electron chi connectivity index (χ3n) is 4.91. The first kappa shape index (κ1) is 22.1. The molecule has 0 unspecified atom stereocenters. The Bertz CT molecular complexity index is 1300. The van der Waals surface area contributed by atoms with Gasteiger partial charge in [0.1, 0.15) is 0 Å². The highest BCUT2D eigenvalue weighted by Gasteiger charge is 2.11. The molecule has 32 heavy (non-hydrogen) atoms. The van der Waals surface area contributed by atoms with Crippen LogP contribution in [0.1, 0.15) is 21.5 Å². The molecule has 3 aromatic carbocycles. The van der Waals surface area contributed by atoms with Crippen LogP contribution < -0.4 is 10.0 Å². The number of sulfonamides is 1. The Hall–Kier alpha value is -3.14. The van der Waals surface area contributed by atoms with Crippen LogP contribution in [0.4, 0.5) is 0 Å². The summed E-state index contributed by atoms with van der Waals surface area (Å²) in [6.45, 7) is 0.308. The molecule has 4 rings (SSSR count). The van der Waals surface area contributed by atoms with Crippen LogP contribution in [-0.4, -0.2) is 31.3 Å². The SMILES string of the molecule is CNS(=O)(=O)c1ccc(CNC(=O)c2ccc(CSc3nc4ccccc4[nH]3)cc2)cc1. The number of para-hydroxylation sites is 2. The fourth-order valence-corrected chi connectivity index (χ4v) is 4.66. The Labute approximate surface area is 190 Å². The molecule has 9 heteroatoms. The van der Waals surface area contributed by atoms with Crippen molar-refractivity contribution in [1.82, 2.24) is 20.0 Å². The van der Waals surface area contributed by atoms with E-state index in [2.05, 4.69) is 20.0 Å². The molecule has 0 saturated heterocycles. The fraction of sp³-hybridized carbons (Fsp3) is 0.130. The lowest BCUT2D eigenvalue weighted by atomic mass is 10.1. The smallest absolute Gasteiger partial charge is 0.251 e. The molecule has 4 aromatic rings. The van der Waals surface area contributed by atoms with Crippen LogP contribution in [0.5, 0.6) is 0 Å². The van der Waals surface area contributed by atoms with Crippen molar-refractivity contribution in [3.05, 3.63) is 89.5 Å². The van der Waals surface area contributed by atoms with Gasteiger partial charge in [0.05, 0.1) is 15.9 Å². The maximum atomic E-state index is 12.4.